The summed E-state index contributed by atoms with van der Waals surface area (Å²) >= 11 is 0. The molecule has 54 valence electrons. The maximum atomic E-state index is 8.83. The third-order valence-electron chi connectivity index (χ3n) is 2.46. The molecule has 0 bridgehead atoms. The van der Waals surface area contributed by atoms with E-state index >= 15 is 0 Å². The molecule has 0 atom stereocenters. The molecule has 1 aliphatic carbocycles. The third kappa shape index (κ3) is 0.844. The topological polar surface area (TPSA) is 23.8 Å². The van der Waals surface area contributed by atoms with E-state index < -0.39 is 0 Å². The molecule has 0 amide bonds. The Morgan fingerprint density at radius 3 is 2.20 bits per heavy atom. The Labute approximate surface area is 62.4 Å². The highest BCUT2D eigenvalue weighted by Crippen LogP contribution is 2.49. The van der Waals surface area contributed by atoms with Gasteiger partial charge in [-0.25, -0.2) is 0 Å². The maximum Gasteiger partial charge on any atom is 0.0699 e. The summed E-state index contributed by atoms with van der Waals surface area (Å²) in [4.78, 5) is 0. The summed E-state index contributed by atoms with van der Waals surface area (Å²) in [5.74, 6) is 0.475. The molecule has 0 aromatic carbocycles. The van der Waals surface area contributed by atoms with E-state index in [9.17, 15) is 0 Å². The normalized spacial score (nSPS) is 22.0. The monoisotopic (exact) mass is 135 g/mol. The highest BCUT2D eigenvalue weighted by molar-refractivity contribution is 5.23. The van der Waals surface area contributed by atoms with Gasteiger partial charge in [0, 0.05) is 0 Å². The average molecular weight is 135 g/mol. The largest absolute Gasteiger partial charge is 0.198 e. The van der Waals surface area contributed by atoms with Crippen LogP contribution in [-0.2, 0) is 0 Å². The first kappa shape index (κ1) is 7.34. The first-order chi connectivity index (χ1) is 4.60. The molecule has 0 aliphatic heterocycles. The Bertz CT molecular complexity index is 187. The van der Waals surface area contributed by atoms with Crippen LogP contribution >= 0.6 is 0 Å². The van der Waals surface area contributed by atoms with Crippen molar-refractivity contribution >= 4 is 0 Å². The van der Waals surface area contributed by atoms with Gasteiger partial charge in [0.1, 0.15) is 0 Å². The lowest BCUT2D eigenvalue weighted by atomic mass is 9.61. The Morgan fingerprint density at radius 2 is 2.10 bits per heavy atom. The minimum Gasteiger partial charge on any atom is -0.198 e. The smallest absolute Gasteiger partial charge is 0.0699 e. The zero-order valence-electron chi connectivity index (χ0n) is 6.65. The predicted octanol–water partition coefficient (Wildman–Crippen LogP) is 2.50. The molecule has 0 saturated heterocycles. The van der Waals surface area contributed by atoms with Gasteiger partial charge in [-0.3, -0.25) is 0 Å². The molecule has 10 heavy (non-hydrogen) atoms. The quantitative estimate of drug-likeness (QED) is 0.507. The first-order valence-electron chi connectivity index (χ1n) is 3.68. The van der Waals surface area contributed by atoms with Gasteiger partial charge in [0.2, 0.25) is 0 Å². The van der Waals surface area contributed by atoms with Gasteiger partial charge in [-0.15, -0.1) is 0 Å². The number of hydrogen-bond acceptors (Lipinski definition) is 1. The van der Waals surface area contributed by atoms with E-state index in [4.69, 9.17) is 5.26 Å². The van der Waals surface area contributed by atoms with Crippen molar-refractivity contribution in [2.75, 3.05) is 0 Å². The average Bonchev–Trinajstić information content (AvgIpc) is 1.79. The molecule has 0 heterocycles. The SMILES string of the molecule is C=C1CC(C#N)(C(C)C)C1. The molecule has 0 aromatic heterocycles. The van der Waals surface area contributed by atoms with Crippen molar-refractivity contribution in [1.29, 1.82) is 5.26 Å². The number of hydrogen-bond donors (Lipinski definition) is 0. The van der Waals surface area contributed by atoms with Gasteiger partial charge in [-0.1, -0.05) is 26.0 Å². The van der Waals surface area contributed by atoms with Gasteiger partial charge in [0.15, 0.2) is 0 Å². The van der Waals surface area contributed by atoms with Crippen LogP contribution in [0.25, 0.3) is 0 Å². The summed E-state index contributed by atoms with van der Waals surface area (Å²) in [5, 5.41) is 8.83. The standard InChI is InChI=1S/C9H13N/c1-7(2)9(6-10)4-8(3)5-9/h7H,3-5H2,1-2H3. The third-order valence-corrected chi connectivity index (χ3v) is 2.46. The second-order valence-electron chi connectivity index (χ2n) is 3.53. The Balaban J connectivity index is 2.68. The lowest BCUT2D eigenvalue weighted by Gasteiger charge is -2.40. The molecular formula is C9H13N. The van der Waals surface area contributed by atoms with Gasteiger partial charge in [0.05, 0.1) is 11.5 Å². The summed E-state index contributed by atoms with van der Waals surface area (Å²) in [5.41, 5.74) is 1.17. The fourth-order valence-corrected chi connectivity index (χ4v) is 1.46. The number of rotatable bonds is 1. The van der Waals surface area contributed by atoms with E-state index in [-0.39, 0.29) is 5.41 Å². The van der Waals surface area contributed by atoms with Crippen LogP contribution in [0.4, 0.5) is 0 Å². The van der Waals surface area contributed by atoms with Gasteiger partial charge in [0.25, 0.3) is 0 Å². The number of allylic oxidation sites excluding steroid dienone is 1. The van der Waals surface area contributed by atoms with Crippen molar-refractivity contribution in [2.24, 2.45) is 11.3 Å². The van der Waals surface area contributed by atoms with E-state index in [1.54, 1.807) is 0 Å². The fraction of sp³-hybridized carbons (Fsp3) is 0.667. The summed E-state index contributed by atoms with van der Waals surface area (Å²) in [6, 6.07) is 2.38. The van der Waals surface area contributed by atoms with E-state index in [1.807, 2.05) is 0 Å². The van der Waals surface area contributed by atoms with Crippen LogP contribution in [0.2, 0.25) is 0 Å². The molecule has 1 rings (SSSR count). The summed E-state index contributed by atoms with van der Waals surface area (Å²) < 4.78 is 0. The van der Waals surface area contributed by atoms with E-state index in [0.29, 0.717) is 5.92 Å². The van der Waals surface area contributed by atoms with Crippen LogP contribution in [0.3, 0.4) is 0 Å². The summed E-state index contributed by atoms with van der Waals surface area (Å²) in [7, 11) is 0. The molecule has 1 heteroatoms. The Kier molecular flexibility index (Phi) is 1.56. The van der Waals surface area contributed by atoms with Gasteiger partial charge >= 0.3 is 0 Å². The highest BCUT2D eigenvalue weighted by atomic mass is 14.5. The molecule has 0 spiro atoms. The lowest BCUT2D eigenvalue weighted by molar-refractivity contribution is 0.207. The fourth-order valence-electron chi connectivity index (χ4n) is 1.46. The van der Waals surface area contributed by atoms with Crippen LogP contribution in [0.5, 0.6) is 0 Å². The van der Waals surface area contributed by atoms with Crippen LogP contribution in [0.1, 0.15) is 26.7 Å². The Morgan fingerprint density at radius 1 is 1.60 bits per heavy atom. The molecule has 1 nitrogen and oxygen atoms in total. The van der Waals surface area contributed by atoms with E-state index in [1.165, 1.54) is 5.57 Å². The van der Waals surface area contributed by atoms with E-state index in [0.717, 1.165) is 12.8 Å². The van der Waals surface area contributed by atoms with Gasteiger partial charge in [-0.2, -0.15) is 5.26 Å². The van der Waals surface area contributed by atoms with E-state index in [2.05, 4.69) is 26.5 Å². The summed E-state index contributed by atoms with van der Waals surface area (Å²) in [6.45, 7) is 8.05. The van der Waals surface area contributed by atoms with Crippen LogP contribution in [-0.4, -0.2) is 0 Å². The zero-order valence-corrected chi connectivity index (χ0v) is 6.65. The first-order valence-corrected chi connectivity index (χ1v) is 3.68. The molecule has 0 radical (unpaired) electrons. The molecule has 0 aromatic rings. The minimum absolute atomic E-state index is 0.0584. The minimum atomic E-state index is -0.0584. The predicted molar refractivity (Wildman–Crippen MR) is 41.3 cm³/mol. The molecular weight excluding hydrogens is 122 g/mol. The zero-order chi connectivity index (χ0) is 7.78. The van der Waals surface area contributed by atoms with Crippen molar-refractivity contribution in [1.82, 2.24) is 0 Å². The molecule has 1 fully saturated rings. The van der Waals surface area contributed by atoms with Crippen LogP contribution < -0.4 is 0 Å². The van der Waals surface area contributed by atoms with Crippen molar-refractivity contribution in [3.8, 4) is 6.07 Å². The summed E-state index contributed by atoms with van der Waals surface area (Å²) in [6.07, 6.45) is 1.84. The Hall–Kier alpha value is -0.770. The van der Waals surface area contributed by atoms with Gasteiger partial charge in [-0.05, 0) is 18.8 Å². The maximum absolute atomic E-state index is 8.83. The number of nitrogens with zero attached hydrogens (tertiary/aromatic N) is 1. The molecule has 1 aliphatic rings. The van der Waals surface area contributed by atoms with Crippen molar-refractivity contribution in [3.05, 3.63) is 12.2 Å². The second kappa shape index (κ2) is 2.12. The van der Waals surface area contributed by atoms with Crippen molar-refractivity contribution in [2.45, 2.75) is 26.7 Å². The van der Waals surface area contributed by atoms with Gasteiger partial charge < -0.3 is 0 Å². The molecule has 0 unspecified atom stereocenters. The molecule has 0 N–H and O–H groups in total. The number of nitriles is 1. The van der Waals surface area contributed by atoms with Crippen LogP contribution in [0, 0.1) is 22.7 Å². The lowest BCUT2D eigenvalue weighted by Crippen LogP contribution is -2.34. The van der Waals surface area contributed by atoms with Crippen molar-refractivity contribution in [3.63, 3.8) is 0 Å². The highest BCUT2D eigenvalue weighted by Gasteiger charge is 2.42. The van der Waals surface area contributed by atoms with Crippen LogP contribution in [0.15, 0.2) is 12.2 Å². The van der Waals surface area contributed by atoms with Crippen molar-refractivity contribution < 1.29 is 0 Å². The molecule has 1 saturated carbocycles. The second-order valence-corrected chi connectivity index (χ2v) is 3.53.